The van der Waals surface area contributed by atoms with E-state index in [1.165, 1.54) is 0 Å². The fourth-order valence-electron chi connectivity index (χ4n) is 3.18. The molecule has 1 aliphatic carbocycles. The van der Waals surface area contributed by atoms with Crippen LogP contribution < -0.4 is 0 Å². The van der Waals surface area contributed by atoms with Gasteiger partial charge < -0.3 is 14.7 Å². The Morgan fingerprint density at radius 3 is 2.42 bits per heavy atom. The zero-order valence-corrected chi connectivity index (χ0v) is 11.9. The van der Waals surface area contributed by atoms with Crippen molar-refractivity contribution in [3.05, 3.63) is 0 Å². The monoisotopic (exact) mass is 269 g/mol. The number of hydrogen-bond acceptors (Lipinski definition) is 3. The summed E-state index contributed by atoms with van der Waals surface area (Å²) in [5.74, 6) is -0.144. The lowest BCUT2D eigenvalue weighted by atomic mass is 9.89. The van der Waals surface area contributed by atoms with E-state index in [2.05, 4.69) is 0 Å². The second kappa shape index (κ2) is 5.02. The van der Waals surface area contributed by atoms with E-state index in [1.54, 1.807) is 4.90 Å². The molecule has 0 aromatic heterocycles. The largest absolute Gasteiger partial charge is 0.481 e. The number of carbonyl (C=O) groups is 2. The summed E-state index contributed by atoms with van der Waals surface area (Å²) in [5.41, 5.74) is -0.479. The van der Waals surface area contributed by atoms with Crippen LogP contribution in [0.15, 0.2) is 0 Å². The van der Waals surface area contributed by atoms with E-state index >= 15 is 0 Å². The molecule has 0 aromatic carbocycles. The first-order valence-electron chi connectivity index (χ1n) is 6.97. The number of amides is 1. The third-order valence-corrected chi connectivity index (χ3v) is 4.07. The van der Waals surface area contributed by atoms with E-state index in [-0.39, 0.29) is 12.0 Å². The molecule has 1 aliphatic heterocycles. The van der Waals surface area contributed by atoms with Crippen molar-refractivity contribution in [3.63, 3.8) is 0 Å². The summed E-state index contributed by atoms with van der Waals surface area (Å²) in [6.45, 7) is 6.89. The molecular formula is C14H23NO4. The van der Waals surface area contributed by atoms with Gasteiger partial charge in [-0.05, 0) is 51.9 Å². The van der Waals surface area contributed by atoms with Crippen LogP contribution in [0.5, 0.6) is 0 Å². The lowest BCUT2D eigenvalue weighted by Gasteiger charge is -2.35. The number of carbonyl (C=O) groups excluding carboxylic acids is 1. The van der Waals surface area contributed by atoms with E-state index in [1.807, 2.05) is 20.8 Å². The van der Waals surface area contributed by atoms with Crippen LogP contribution in [0.25, 0.3) is 0 Å². The van der Waals surface area contributed by atoms with Crippen LogP contribution in [0.3, 0.4) is 0 Å². The molecule has 108 valence electrons. The Kier molecular flexibility index (Phi) is 3.74. The number of likely N-dealkylation sites (tertiary alicyclic amines) is 1. The van der Waals surface area contributed by atoms with Gasteiger partial charge in [-0.25, -0.2) is 4.79 Å². The van der Waals surface area contributed by atoms with Crippen LogP contribution in [0, 0.1) is 17.8 Å². The maximum atomic E-state index is 12.0. The van der Waals surface area contributed by atoms with Gasteiger partial charge in [0.05, 0.1) is 5.92 Å². The number of ether oxygens (including phenoxy) is 1. The Morgan fingerprint density at radius 2 is 1.84 bits per heavy atom. The third kappa shape index (κ3) is 3.39. The number of carboxylic acid groups (broad SMARTS) is 1. The Balaban J connectivity index is 1.92. The number of fused-ring (bicyclic) bond motifs is 1. The number of rotatable bonds is 1. The minimum Gasteiger partial charge on any atom is -0.481 e. The fraction of sp³-hybridized carbons (Fsp3) is 0.857. The molecular weight excluding hydrogens is 246 g/mol. The van der Waals surface area contributed by atoms with E-state index in [4.69, 9.17) is 9.84 Å². The summed E-state index contributed by atoms with van der Waals surface area (Å²) >= 11 is 0. The highest BCUT2D eigenvalue weighted by molar-refractivity contribution is 5.71. The standard InChI is InChI=1S/C14H23NO4/c1-14(2,3)19-13(18)15-5-4-9-6-10(12(16)17)7-11(9)8-15/h9-11H,4-8H2,1-3H3,(H,16,17). The summed E-state index contributed by atoms with van der Waals surface area (Å²) < 4.78 is 5.37. The zero-order valence-electron chi connectivity index (χ0n) is 11.9. The predicted molar refractivity (Wildman–Crippen MR) is 69.8 cm³/mol. The quantitative estimate of drug-likeness (QED) is 0.793. The molecule has 2 fully saturated rings. The van der Waals surface area contributed by atoms with Crippen molar-refractivity contribution in [1.29, 1.82) is 0 Å². The van der Waals surface area contributed by atoms with Crippen molar-refractivity contribution < 1.29 is 19.4 Å². The lowest BCUT2D eigenvalue weighted by Crippen LogP contribution is -2.44. The number of hydrogen-bond donors (Lipinski definition) is 1. The second-order valence-corrected chi connectivity index (χ2v) is 6.74. The average Bonchev–Trinajstić information content (AvgIpc) is 2.69. The average molecular weight is 269 g/mol. The Morgan fingerprint density at radius 1 is 1.21 bits per heavy atom. The molecule has 2 rings (SSSR count). The van der Waals surface area contributed by atoms with Gasteiger partial charge in [0, 0.05) is 13.1 Å². The maximum Gasteiger partial charge on any atom is 0.410 e. The molecule has 5 heteroatoms. The first-order valence-corrected chi connectivity index (χ1v) is 6.97. The van der Waals surface area contributed by atoms with Gasteiger partial charge in [0.2, 0.25) is 0 Å². The summed E-state index contributed by atoms with van der Waals surface area (Å²) in [5, 5.41) is 9.08. The van der Waals surface area contributed by atoms with Crippen LogP contribution in [0.4, 0.5) is 4.79 Å². The summed E-state index contributed by atoms with van der Waals surface area (Å²) in [6.07, 6.45) is 2.08. The van der Waals surface area contributed by atoms with Gasteiger partial charge in [-0.3, -0.25) is 4.79 Å². The highest BCUT2D eigenvalue weighted by Crippen LogP contribution is 2.41. The highest BCUT2D eigenvalue weighted by Gasteiger charge is 2.42. The fourth-order valence-corrected chi connectivity index (χ4v) is 3.18. The minimum absolute atomic E-state index is 0.228. The van der Waals surface area contributed by atoms with Crippen LogP contribution >= 0.6 is 0 Å². The Labute approximate surface area is 113 Å². The summed E-state index contributed by atoms with van der Waals surface area (Å²) in [7, 11) is 0. The number of carboxylic acids is 1. The van der Waals surface area contributed by atoms with Crippen LogP contribution in [-0.4, -0.2) is 40.8 Å². The van der Waals surface area contributed by atoms with Gasteiger partial charge in [0.1, 0.15) is 5.60 Å². The molecule has 19 heavy (non-hydrogen) atoms. The molecule has 1 saturated heterocycles. The normalized spacial score (nSPS) is 30.9. The van der Waals surface area contributed by atoms with Gasteiger partial charge >= 0.3 is 12.1 Å². The smallest absolute Gasteiger partial charge is 0.410 e. The molecule has 0 bridgehead atoms. The Hall–Kier alpha value is -1.26. The molecule has 1 heterocycles. The molecule has 3 unspecified atom stereocenters. The Bertz CT molecular complexity index is 374. The van der Waals surface area contributed by atoms with Gasteiger partial charge in [0.15, 0.2) is 0 Å². The number of piperidine rings is 1. The molecule has 0 spiro atoms. The van der Waals surface area contributed by atoms with Gasteiger partial charge in [-0.2, -0.15) is 0 Å². The van der Waals surface area contributed by atoms with Gasteiger partial charge in [0.25, 0.3) is 0 Å². The van der Waals surface area contributed by atoms with E-state index in [0.717, 1.165) is 12.8 Å². The molecule has 2 aliphatic rings. The molecule has 5 nitrogen and oxygen atoms in total. The van der Waals surface area contributed by atoms with Crippen molar-refractivity contribution in [2.45, 2.75) is 45.6 Å². The van der Waals surface area contributed by atoms with Crippen molar-refractivity contribution in [2.24, 2.45) is 17.8 Å². The summed E-state index contributed by atoms with van der Waals surface area (Å²) in [4.78, 5) is 24.8. The first-order chi connectivity index (χ1) is 8.76. The van der Waals surface area contributed by atoms with Crippen molar-refractivity contribution >= 4 is 12.1 Å². The van der Waals surface area contributed by atoms with E-state index in [9.17, 15) is 9.59 Å². The minimum atomic E-state index is -0.696. The lowest BCUT2D eigenvalue weighted by molar-refractivity contribution is -0.141. The van der Waals surface area contributed by atoms with Crippen molar-refractivity contribution in [1.82, 2.24) is 4.90 Å². The molecule has 3 atom stereocenters. The van der Waals surface area contributed by atoms with Crippen molar-refractivity contribution in [3.8, 4) is 0 Å². The number of nitrogens with zero attached hydrogens (tertiary/aromatic N) is 1. The topological polar surface area (TPSA) is 66.8 Å². The second-order valence-electron chi connectivity index (χ2n) is 6.74. The van der Waals surface area contributed by atoms with E-state index < -0.39 is 11.6 Å². The van der Waals surface area contributed by atoms with Crippen LogP contribution in [0.2, 0.25) is 0 Å². The third-order valence-electron chi connectivity index (χ3n) is 4.07. The highest BCUT2D eigenvalue weighted by atomic mass is 16.6. The summed E-state index contributed by atoms with van der Waals surface area (Å²) in [6, 6.07) is 0. The maximum absolute atomic E-state index is 12.0. The van der Waals surface area contributed by atoms with Crippen LogP contribution in [0.1, 0.15) is 40.0 Å². The molecule has 1 saturated carbocycles. The first kappa shape index (κ1) is 14.2. The van der Waals surface area contributed by atoms with Crippen LogP contribution in [-0.2, 0) is 9.53 Å². The molecule has 1 amide bonds. The SMILES string of the molecule is CC(C)(C)OC(=O)N1CCC2CC(C(=O)O)CC2C1. The molecule has 0 radical (unpaired) electrons. The van der Waals surface area contributed by atoms with Crippen molar-refractivity contribution in [2.75, 3.05) is 13.1 Å². The van der Waals surface area contributed by atoms with E-state index in [0.29, 0.717) is 31.3 Å². The molecule has 1 N–H and O–H groups in total. The predicted octanol–water partition coefficient (Wildman–Crippen LogP) is 2.35. The zero-order chi connectivity index (χ0) is 14.2. The van der Waals surface area contributed by atoms with Gasteiger partial charge in [-0.15, -0.1) is 0 Å². The van der Waals surface area contributed by atoms with Gasteiger partial charge in [-0.1, -0.05) is 0 Å². The number of aliphatic carboxylic acids is 1. The molecule has 0 aromatic rings.